The van der Waals surface area contributed by atoms with Crippen LogP contribution in [0.2, 0.25) is 0 Å². The first-order chi connectivity index (χ1) is 15.9. The van der Waals surface area contributed by atoms with Crippen LogP contribution in [0.25, 0.3) is 61.0 Å². The van der Waals surface area contributed by atoms with Crippen molar-refractivity contribution >= 4 is 43.9 Å². The number of hydrogen-bond acceptors (Lipinski definition) is 3. The highest BCUT2D eigenvalue weighted by Gasteiger charge is 2.20. The molecule has 4 nitrogen and oxygen atoms in total. The number of para-hydroxylation sites is 4. The standard InChI is InChI=1S/C28H17N3O/c1-2-10-19(11-3-1)31-24-16-7-6-15-23(24)30-28(31)22-14-8-13-21-25-27(32-26(21)22)20-12-5-4-9-18(20)17-29-25/h1-17H. The first kappa shape index (κ1) is 17.3. The van der Waals surface area contributed by atoms with Gasteiger partial charge < -0.3 is 4.42 Å². The Kier molecular flexibility index (Phi) is 3.52. The van der Waals surface area contributed by atoms with E-state index in [4.69, 9.17) is 14.4 Å². The Hall–Kier alpha value is -4.44. The lowest BCUT2D eigenvalue weighted by Gasteiger charge is -2.09. The smallest absolute Gasteiger partial charge is 0.161 e. The molecule has 0 saturated heterocycles. The third-order valence-electron chi connectivity index (χ3n) is 6.04. The van der Waals surface area contributed by atoms with E-state index in [-0.39, 0.29) is 0 Å². The van der Waals surface area contributed by atoms with Crippen LogP contribution in [0.3, 0.4) is 0 Å². The third kappa shape index (κ3) is 2.38. The molecule has 3 aromatic heterocycles. The van der Waals surface area contributed by atoms with E-state index in [1.54, 1.807) is 0 Å². The highest BCUT2D eigenvalue weighted by atomic mass is 16.3. The molecular formula is C28H17N3O. The summed E-state index contributed by atoms with van der Waals surface area (Å²) in [7, 11) is 0. The fourth-order valence-electron chi connectivity index (χ4n) is 4.59. The van der Waals surface area contributed by atoms with E-state index in [0.717, 1.165) is 61.0 Å². The Morgan fingerprint density at radius 2 is 1.44 bits per heavy atom. The van der Waals surface area contributed by atoms with E-state index in [0.29, 0.717) is 0 Å². The number of nitrogens with zero attached hydrogens (tertiary/aromatic N) is 3. The second-order valence-electron chi connectivity index (χ2n) is 7.90. The van der Waals surface area contributed by atoms with Gasteiger partial charge in [-0.05, 0) is 36.4 Å². The summed E-state index contributed by atoms with van der Waals surface area (Å²) in [5.74, 6) is 0.853. The van der Waals surface area contributed by atoms with Gasteiger partial charge in [0.15, 0.2) is 5.58 Å². The number of fused-ring (bicyclic) bond motifs is 6. The van der Waals surface area contributed by atoms with E-state index in [2.05, 4.69) is 53.1 Å². The minimum atomic E-state index is 0.804. The number of rotatable bonds is 2. The molecule has 0 spiro atoms. The topological polar surface area (TPSA) is 43.9 Å². The molecule has 0 fully saturated rings. The summed E-state index contributed by atoms with van der Waals surface area (Å²) >= 11 is 0. The molecule has 0 aliphatic heterocycles. The maximum atomic E-state index is 6.52. The van der Waals surface area contributed by atoms with E-state index in [1.807, 2.05) is 54.7 Å². The highest BCUT2D eigenvalue weighted by Crippen LogP contribution is 2.38. The fraction of sp³-hybridized carbons (Fsp3) is 0. The SMILES string of the molecule is c1ccc(-n2c(-c3cccc4c3oc3c5ccccc5cnc43)nc3ccccc32)cc1. The van der Waals surface area contributed by atoms with Crippen molar-refractivity contribution in [2.75, 3.05) is 0 Å². The molecule has 0 unspecified atom stereocenters. The number of aromatic nitrogens is 3. The van der Waals surface area contributed by atoms with Crippen LogP contribution >= 0.6 is 0 Å². The molecule has 150 valence electrons. The molecular weight excluding hydrogens is 394 g/mol. The highest BCUT2D eigenvalue weighted by molar-refractivity contribution is 6.15. The number of imidazole rings is 1. The number of pyridine rings is 1. The van der Waals surface area contributed by atoms with Gasteiger partial charge in [-0.15, -0.1) is 0 Å². The quantitative estimate of drug-likeness (QED) is 0.304. The molecule has 32 heavy (non-hydrogen) atoms. The summed E-state index contributed by atoms with van der Waals surface area (Å²) in [6.07, 6.45) is 1.92. The zero-order chi connectivity index (χ0) is 21.1. The van der Waals surface area contributed by atoms with Crippen LogP contribution in [0.1, 0.15) is 0 Å². The van der Waals surface area contributed by atoms with E-state index < -0.39 is 0 Å². The molecule has 0 atom stereocenters. The van der Waals surface area contributed by atoms with Crippen molar-refractivity contribution in [1.29, 1.82) is 0 Å². The molecule has 3 heterocycles. The lowest BCUT2D eigenvalue weighted by Crippen LogP contribution is -1.97. The Morgan fingerprint density at radius 3 is 2.38 bits per heavy atom. The zero-order valence-corrected chi connectivity index (χ0v) is 17.1. The first-order valence-electron chi connectivity index (χ1n) is 10.6. The second kappa shape index (κ2) is 6.53. The van der Waals surface area contributed by atoms with Crippen LogP contribution in [-0.4, -0.2) is 14.5 Å². The lowest BCUT2D eigenvalue weighted by atomic mass is 10.1. The summed E-state index contributed by atoms with van der Waals surface area (Å²) < 4.78 is 8.72. The van der Waals surface area contributed by atoms with Crippen LogP contribution in [0.5, 0.6) is 0 Å². The van der Waals surface area contributed by atoms with Gasteiger partial charge in [0.25, 0.3) is 0 Å². The van der Waals surface area contributed by atoms with Gasteiger partial charge in [0.1, 0.15) is 16.9 Å². The van der Waals surface area contributed by atoms with Gasteiger partial charge in [-0.1, -0.05) is 60.7 Å². The Morgan fingerprint density at radius 1 is 0.656 bits per heavy atom. The largest absolute Gasteiger partial charge is 0.453 e. The van der Waals surface area contributed by atoms with Gasteiger partial charge in [0.05, 0.1) is 16.6 Å². The summed E-state index contributed by atoms with van der Waals surface area (Å²) in [5.41, 5.74) is 6.51. The number of benzene rings is 4. The molecule has 0 saturated carbocycles. The first-order valence-corrected chi connectivity index (χ1v) is 10.6. The summed E-state index contributed by atoms with van der Waals surface area (Å²) in [6.45, 7) is 0. The van der Waals surface area contributed by atoms with Crippen molar-refractivity contribution in [2.24, 2.45) is 0 Å². The number of furan rings is 1. The molecule has 0 amide bonds. The predicted octanol–water partition coefficient (Wildman–Crippen LogP) is 7.14. The minimum Gasteiger partial charge on any atom is -0.453 e. The van der Waals surface area contributed by atoms with E-state index >= 15 is 0 Å². The molecule has 4 heteroatoms. The van der Waals surface area contributed by atoms with Crippen molar-refractivity contribution in [3.8, 4) is 17.1 Å². The number of hydrogen-bond donors (Lipinski definition) is 0. The average molecular weight is 411 g/mol. The van der Waals surface area contributed by atoms with Gasteiger partial charge >= 0.3 is 0 Å². The third-order valence-corrected chi connectivity index (χ3v) is 6.04. The summed E-state index contributed by atoms with van der Waals surface area (Å²) in [6, 6.07) is 32.9. The predicted molar refractivity (Wildman–Crippen MR) is 129 cm³/mol. The van der Waals surface area contributed by atoms with Crippen molar-refractivity contribution in [2.45, 2.75) is 0 Å². The Bertz CT molecular complexity index is 1780. The molecule has 0 N–H and O–H groups in total. The van der Waals surface area contributed by atoms with Crippen LogP contribution in [0.15, 0.2) is 108 Å². The second-order valence-corrected chi connectivity index (χ2v) is 7.90. The molecule has 7 aromatic rings. The molecule has 0 bridgehead atoms. The van der Waals surface area contributed by atoms with Gasteiger partial charge in [-0.25, -0.2) is 4.98 Å². The van der Waals surface area contributed by atoms with E-state index in [1.165, 1.54) is 0 Å². The molecule has 4 aromatic carbocycles. The average Bonchev–Trinajstić information content (AvgIpc) is 3.43. The van der Waals surface area contributed by atoms with Gasteiger partial charge in [0.2, 0.25) is 0 Å². The van der Waals surface area contributed by atoms with Crippen LogP contribution in [-0.2, 0) is 0 Å². The van der Waals surface area contributed by atoms with Crippen LogP contribution in [0.4, 0.5) is 0 Å². The van der Waals surface area contributed by atoms with Gasteiger partial charge in [-0.2, -0.15) is 0 Å². The molecule has 0 aliphatic rings. The van der Waals surface area contributed by atoms with E-state index in [9.17, 15) is 0 Å². The van der Waals surface area contributed by atoms with Gasteiger partial charge in [-0.3, -0.25) is 9.55 Å². The maximum absolute atomic E-state index is 6.52. The molecule has 7 rings (SSSR count). The van der Waals surface area contributed by atoms with Crippen molar-refractivity contribution in [1.82, 2.24) is 14.5 Å². The Balaban J connectivity index is 1.61. The van der Waals surface area contributed by atoms with Crippen LogP contribution < -0.4 is 0 Å². The van der Waals surface area contributed by atoms with Gasteiger partial charge in [0, 0.05) is 28.0 Å². The maximum Gasteiger partial charge on any atom is 0.161 e. The molecule has 0 radical (unpaired) electrons. The Labute approximate surface area is 183 Å². The monoisotopic (exact) mass is 411 g/mol. The van der Waals surface area contributed by atoms with Crippen molar-refractivity contribution in [3.63, 3.8) is 0 Å². The van der Waals surface area contributed by atoms with Crippen molar-refractivity contribution in [3.05, 3.63) is 103 Å². The minimum absolute atomic E-state index is 0.804. The fourth-order valence-corrected chi connectivity index (χ4v) is 4.59. The zero-order valence-electron chi connectivity index (χ0n) is 17.1. The van der Waals surface area contributed by atoms with Crippen molar-refractivity contribution < 1.29 is 4.42 Å². The molecule has 0 aliphatic carbocycles. The summed E-state index contributed by atoms with van der Waals surface area (Å²) in [4.78, 5) is 9.76. The lowest BCUT2D eigenvalue weighted by molar-refractivity contribution is 0.672. The van der Waals surface area contributed by atoms with Crippen LogP contribution in [0, 0.1) is 0 Å². The summed E-state index contributed by atoms with van der Waals surface area (Å²) in [5, 5.41) is 3.13. The normalized spacial score (nSPS) is 11.8.